The van der Waals surface area contributed by atoms with Crippen molar-refractivity contribution in [1.82, 2.24) is 4.57 Å². The van der Waals surface area contributed by atoms with Crippen LogP contribution in [0.4, 0.5) is 17.1 Å². The first-order valence-electron chi connectivity index (χ1n) is 19.4. The van der Waals surface area contributed by atoms with Crippen molar-refractivity contribution in [2.75, 3.05) is 4.90 Å². The van der Waals surface area contributed by atoms with E-state index in [1.807, 2.05) is 30.3 Å². The summed E-state index contributed by atoms with van der Waals surface area (Å²) in [6.07, 6.45) is 0. The average Bonchev–Trinajstić information content (AvgIpc) is 3.60. The molecule has 0 fully saturated rings. The summed E-state index contributed by atoms with van der Waals surface area (Å²) in [6.45, 7) is 0. The van der Waals surface area contributed by atoms with Crippen LogP contribution in [0, 0.1) is 0 Å². The molecule has 0 saturated heterocycles. The fourth-order valence-electron chi connectivity index (χ4n) is 7.84. The van der Waals surface area contributed by atoms with Crippen LogP contribution >= 0.6 is 0 Å². The van der Waals surface area contributed by atoms with E-state index in [1.54, 1.807) is 0 Å². The summed E-state index contributed by atoms with van der Waals surface area (Å²) in [6, 6.07) is 71.9. The van der Waals surface area contributed by atoms with Crippen molar-refractivity contribution in [3.63, 3.8) is 0 Å². The second-order valence-corrected chi connectivity index (χ2v) is 13.6. The predicted molar refractivity (Wildman–Crippen MR) is 231 cm³/mol. The Hall–Kier alpha value is -7.16. The predicted octanol–water partition coefficient (Wildman–Crippen LogP) is 14.4. The quantitative estimate of drug-likeness (QED) is 0.119. The lowest BCUT2D eigenvalue weighted by Gasteiger charge is -2.25. The molecule has 1 aromatic heterocycles. The molecule has 10 aromatic rings. The molecule has 0 radical (unpaired) electrons. The van der Waals surface area contributed by atoms with E-state index in [2.05, 4.69) is 185 Å². The fourth-order valence-corrected chi connectivity index (χ4v) is 7.84. The zero-order chi connectivity index (χ0) is 37.6. The Morgan fingerprint density at radius 3 is 1.67 bits per heavy atom. The summed E-state index contributed by atoms with van der Waals surface area (Å²) >= 11 is 0. The number of anilines is 3. The third-order valence-electron chi connectivity index (χ3n) is 10.4. The minimum atomic E-state index is 0.182. The summed E-state index contributed by atoms with van der Waals surface area (Å²) in [5.41, 5.74) is 10.1. The molecule has 0 bridgehead atoms. The summed E-state index contributed by atoms with van der Waals surface area (Å²) in [7, 11) is 0. The van der Waals surface area contributed by atoms with Gasteiger partial charge in [-0.15, -0.1) is 0 Å². The van der Waals surface area contributed by atoms with Crippen LogP contribution in [0.3, 0.4) is 0 Å². The van der Waals surface area contributed by atoms with Gasteiger partial charge in [0.25, 0.3) is 0 Å². The van der Waals surface area contributed by atoms with Gasteiger partial charge in [0.1, 0.15) is 0 Å². The molecule has 0 aliphatic rings. The standard InChI is InChI=1S/C52H36N2/c1-3-14-41(15-4-1)53(44-33-34-52-50(36-44)48-21-11-12-22-51(48)54(52)42-16-5-2-6-17-42)43-31-27-38(28-32-43)24-23-37-25-29-39(30-26-37)49-35-40-13-7-8-18-45(40)46-19-9-10-20-47(46)49/h1-36H/b24-23+/i23D,24D. The number of para-hydroxylation sites is 3. The number of benzene rings is 9. The Kier molecular flexibility index (Phi) is 7.32. The molecule has 0 aliphatic heterocycles. The summed E-state index contributed by atoms with van der Waals surface area (Å²) in [5, 5.41) is 7.24. The van der Waals surface area contributed by atoms with Crippen LogP contribution < -0.4 is 4.90 Å². The molecule has 0 N–H and O–H groups in total. The van der Waals surface area contributed by atoms with Crippen LogP contribution in [0.2, 0.25) is 0 Å². The van der Waals surface area contributed by atoms with Crippen LogP contribution in [-0.4, -0.2) is 4.57 Å². The van der Waals surface area contributed by atoms with Gasteiger partial charge in [-0.2, -0.15) is 0 Å². The number of hydrogen-bond acceptors (Lipinski definition) is 1. The van der Waals surface area contributed by atoms with Crippen molar-refractivity contribution in [2.24, 2.45) is 0 Å². The van der Waals surface area contributed by atoms with E-state index in [-0.39, 0.29) is 12.1 Å². The van der Waals surface area contributed by atoms with Crippen molar-refractivity contribution >= 4 is 72.5 Å². The number of nitrogens with zero attached hydrogens (tertiary/aromatic N) is 2. The van der Waals surface area contributed by atoms with Crippen molar-refractivity contribution in [2.45, 2.75) is 0 Å². The van der Waals surface area contributed by atoms with Crippen LogP contribution in [-0.2, 0) is 0 Å². The topological polar surface area (TPSA) is 8.17 Å². The Bertz CT molecular complexity index is 3070. The van der Waals surface area contributed by atoms with Gasteiger partial charge in [0, 0.05) is 33.5 Å². The Morgan fingerprint density at radius 2 is 0.926 bits per heavy atom. The molecule has 54 heavy (non-hydrogen) atoms. The molecule has 1 heterocycles. The molecule has 2 nitrogen and oxygen atoms in total. The molecule has 0 aliphatic carbocycles. The van der Waals surface area contributed by atoms with Crippen LogP contribution in [0.15, 0.2) is 206 Å². The second-order valence-electron chi connectivity index (χ2n) is 13.6. The maximum Gasteiger partial charge on any atom is 0.0629 e. The monoisotopic (exact) mass is 690 g/mol. The van der Waals surface area contributed by atoms with Gasteiger partial charge in [-0.05, 0) is 111 Å². The maximum atomic E-state index is 9.09. The van der Waals surface area contributed by atoms with Crippen LogP contribution in [0.5, 0.6) is 0 Å². The van der Waals surface area contributed by atoms with E-state index in [9.17, 15) is 0 Å². The number of fused-ring (bicyclic) bond motifs is 6. The van der Waals surface area contributed by atoms with Gasteiger partial charge >= 0.3 is 0 Å². The van der Waals surface area contributed by atoms with E-state index in [1.165, 1.54) is 37.8 Å². The van der Waals surface area contributed by atoms with Gasteiger partial charge in [-0.25, -0.2) is 0 Å². The lowest BCUT2D eigenvalue weighted by Crippen LogP contribution is -2.09. The van der Waals surface area contributed by atoms with E-state index in [0.29, 0.717) is 11.1 Å². The summed E-state index contributed by atoms with van der Waals surface area (Å²) in [4.78, 5) is 2.25. The van der Waals surface area contributed by atoms with Gasteiger partial charge < -0.3 is 9.47 Å². The van der Waals surface area contributed by atoms with Gasteiger partial charge in [-0.1, -0.05) is 152 Å². The highest BCUT2D eigenvalue weighted by atomic mass is 15.1. The Morgan fingerprint density at radius 1 is 0.389 bits per heavy atom. The summed E-state index contributed by atoms with van der Waals surface area (Å²) < 4.78 is 20.5. The molecule has 0 amide bonds. The van der Waals surface area contributed by atoms with Crippen LogP contribution in [0.1, 0.15) is 13.9 Å². The van der Waals surface area contributed by atoms with Crippen molar-refractivity contribution in [3.05, 3.63) is 217 Å². The van der Waals surface area contributed by atoms with Crippen molar-refractivity contribution in [3.8, 4) is 16.8 Å². The van der Waals surface area contributed by atoms with Gasteiger partial charge in [0.15, 0.2) is 0 Å². The number of aromatic nitrogens is 1. The first kappa shape index (κ1) is 29.4. The minimum Gasteiger partial charge on any atom is -0.310 e. The average molecular weight is 691 g/mol. The largest absolute Gasteiger partial charge is 0.310 e. The fraction of sp³-hybridized carbons (Fsp3) is 0. The van der Waals surface area contributed by atoms with Crippen molar-refractivity contribution < 1.29 is 2.74 Å². The highest BCUT2D eigenvalue weighted by Gasteiger charge is 2.17. The molecular weight excluding hydrogens is 653 g/mol. The SMILES string of the molecule is [2H]/C(=C(/[2H])c1ccc(N(c2ccccc2)c2ccc3c(c2)c2ccccc2n3-c2ccccc2)cc1)c1ccc(-c2cc3ccccc3c3ccccc23)cc1. The lowest BCUT2D eigenvalue weighted by molar-refractivity contribution is 1.18. The zero-order valence-electron chi connectivity index (χ0n) is 31.5. The minimum absolute atomic E-state index is 0.182. The molecule has 254 valence electrons. The van der Waals surface area contributed by atoms with E-state index < -0.39 is 0 Å². The first-order chi connectivity index (χ1) is 27.6. The smallest absolute Gasteiger partial charge is 0.0629 e. The van der Waals surface area contributed by atoms with Gasteiger partial charge in [-0.3, -0.25) is 0 Å². The molecule has 0 atom stereocenters. The molecule has 2 heteroatoms. The second kappa shape index (κ2) is 13.4. The number of rotatable bonds is 7. The third-order valence-corrected chi connectivity index (χ3v) is 10.4. The zero-order valence-corrected chi connectivity index (χ0v) is 29.5. The van der Waals surface area contributed by atoms with E-state index in [4.69, 9.17) is 2.74 Å². The molecule has 0 saturated carbocycles. The maximum absolute atomic E-state index is 9.09. The number of hydrogen-bond donors (Lipinski definition) is 0. The van der Waals surface area contributed by atoms with E-state index >= 15 is 0 Å². The Balaban J connectivity index is 0.999. The van der Waals surface area contributed by atoms with E-state index in [0.717, 1.165) is 39.4 Å². The molecule has 0 unspecified atom stereocenters. The Labute approximate surface area is 317 Å². The van der Waals surface area contributed by atoms with Crippen molar-refractivity contribution in [1.29, 1.82) is 0 Å². The van der Waals surface area contributed by atoms with Crippen LogP contribution in [0.25, 0.3) is 72.3 Å². The third kappa shape index (κ3) is 5.62. The normalized spacial score (nSPS) is 12.5. The molecule has 0 spiro atoms. The lowest BCUT2D eigenvalue weighted by atomic mass is 9.93. The summed E-state index contributed by atoms with van der Waals surface area (Å²) in [5.74, 6) is 0. The molecular formula is C52H36N2. The first-order valence-corrected chi connectivity index (χ1v) is 18.4. The highest BCUT2D eigenvalue weighted by Crippen LogP contribution is 2.40. The molecule has 10 rings (SSSR count). The van der Waals surface area contributed by atoms with Gasteiger partial charge in [0.05, 0.1) is 13.8 Å². The highest BCUT2D eigenvalue weighted by molar-refractivity contribution is 6.14. The van der Waals surface area contributed by atoms with Gasteiger partial charge in [0.2, 0.25) is 0 Å². The molecule has 9 aromatic carbocycles.